The molecule has 1 aromatic rings. The van der Waals surface area contributed by atoms with Crippen molar-refractivity contribution < 1.29 is 13.9 Å². The average molecular weight is 266 g/mol. The fraction of sp³-hybridized carbons (Fsp3) is 0.500. The lowest BCUT2D eigenvalue weighted by Gasteiger charge is -2.40. The van der Waals surface area contributed by atoms with E-state index < -0.39 is 5.82 Å². The largest absolute Gasteiger partial charge is 0.385 e. The van der Waals surface area contributed by atoms with Gasteiger partial charge < -0.3 is 15.4 Å². The maximum Gasteiger partial charge on any atom is 0.253 e. The molecule has 2 N–H and O–H groups in total. The lowest BCUT2D eigenvalue weighted by Crippen LogP contribution is -2.49. The van der Waals surface area contributed by atoms with Gasteiger partial charge in [0.05, 0.1) is 16.9 Å². The number of rotatable bonds is 5. The molecule has 1 fully saturated rings. The number of para-hydroxylation sites is 1. The predicted octanol–water partition coefficient (Wildman–Crippen LogP) is 2.17. The van der Waals surface area contributed by atoms with Gasteiger partial charge in [-0.1, -0.05) is 6.07 Å². The molecular formula is C14H19FN2O2. The Morgan fingerprint density at radius 2 is 2.21 bits per heavy atom. The quantitative estimate of drug-likeness (QED) is 0.858. The molecule has 4 nitrogen and oxygen atoms in total. The Kier molecular flexibility index (Phi) is 4.04. The molecule has 0 radical (unpaired) electrons. The molecule has 1 aliphatic carbocycles. The van der Waals surface area contributed by atoms with Crippen LogP contribution in [0, 0.1) is 5.82 Å². The molecule has 0 unspecified atom stereocenters. The highest BCUT2D eigenvalue weighted by molar-refractivity contribution is 5.99. The van der Waals surface area contributed by atoms with Crippen molar-refractivity contribution >= 4 is 11.6 Å². The Labute approximate surface area is 112 Å². The first kappa shape index (κ1) is 13.8. The van der Waals surface area contributed by atoms with Gasteiger partial charge in [0.15, 0.2) is 0 Å². The van der Waals surface area contributed by atoms with Gasteiger partial charge in [-0.3, -0.25) is 4.79 Å². The van der Waals surface area contributed by atoms with Crippen LogP contribution < -0.4 is 10.6 Å². The first-order valence-electron chi connectivity index (χ1n) is 6.41. The van der Waals surface area contributed by atoms with Crippen LogP contribution in [0.5, 0.6) is 0 Å². The summed E-state index contributed by atoms with van der Waals surface area (Å²) in [5.41, 5.74) is 0.302. The second-order valence-electron chi connectivity index (χ2n) is 4.84. The molecule has 1 aromatic carbocycles. The smallest absolute Gasteiger partial charge is 0.253 e. The highest BCUT2D eigenvalue weighted by atomic mass is 19.1. The summed E-state index contributed by atoms with van der Waals surface area (Å²) >= 11 is 0. The van der Waals surface area contributed by atoms with Crippen LogP contribution in [0.2, 0.25) is 0 Å². The minimum absolute atomic E-state index is 0.222. The second-order valence-corrected chi connectivity index (χ2v) is 4.84. The molecule has 0 aromatic heterocycles. The summed E-state index contributed by atoms with van der Waals surface area (Å²) in [5, 5.41) is 5.54. The van der Waals surface area contributed by atoms with Crippen LogP contribution in [0.1, 0.15) is 29.6 Å². The Morgan fingerprint density at radius 3 is 2.74 bits per heavy atom. The standard InChI is InChI=1S/C14H19FN2O2/c1-16-12-10(5-3-6-11(12)15)13(18)17-9-14(19-2)7-4-8-14/h3,5-6,16H,4,7-9H2,1-2H3,(H,17,18). The molecule has 0 saturated heterocycles. The second kappa shape index (κ2) is 5.57. The molecule has 0 spiro atoms. The minimum Gasteiger partial charge on any atom is -0.385 e. The molecule has 0 heterocycles. The van der Waals surface area contributed by atoms with E-state index in [2.05, 4.69) is 10.6 Å². The maximum absolute atomic E-state index is 13.6. The number of amides is 1. The lowest BCUT2D eigenvalue weighted by atomic mass is 9.80. The highest BCUT2D eigenvalue weighted by Crippen LogP contribution is 2.34. The molecular weight excluding hydrogens is 247 g/mol. The van der Waals surface area contributed by atoms with E-state index in [0.717, 1.165) is 19.3 Å². The number of methoxy groups -OCH3 is 1. The molecule has 19 heavy (non-hydrogen) atoms. The van der Waals surface area contributed by atoms with Crippen molar-refractivity contribution in [2.45, 2.75) is 24.9 Å². The van der Waals surface area contributed by atoms with E-state index in [1.165, 1.54) is 12.1 Å². The van der Waals surface area contributed by atoms with Crippen molar-refractivity contribution in [3.63, 3.8) is 0 Å². The molecule has 1 aliphatic rings. The third kappa shape index (κ3) is 2.71. The van der Waals surface area contributed by atoms with E-state index in [9.17, 15) is 9.18 Å². The molecule has 0 atom stereocenters. The van der Waals surface area contributed by atoms with E-state index in [-0.39, 0.29) is 17.2 Å². The summed E-state index contributed by atoms with van der Waals surface area (Å²) in [6, 6.07) is 4.45. The van der Waals surface area contributed by atoms with Crippen LogP contribution in [-0.2, 0) is 4.74 Å². The number of halogens is 1. The van der Waals surface area contributed by atoms with Crippen molar-refractivity contribution in [2.24, 2.45) is 0 Å². The van der Waals surface area contributed by atoms with Crippen molar-refractivity contribution in [1.29, 1.82) is 0 Å². The van der Waals surface area contributed by atoms with Gasteiger partial charge in [-0.2, -0.15) is 0 Å². The first-order chi connectivity index (χ1) is 9.12. The normalized spacial score (nSPS) is 16.6. The van der Waals surface area contributed by atoms with Gasteiger partial charge in [0.2, 0.25) is 0 Å². The van der Waals surface area contributed by atoms with E-state index >= 15 is 0 Å². The first-order valence-corrected chi connectivity index (χ1v) is 6.41. The number of hydrogen-bond donors (Lipinski definition) is 2. The molecule has 2 rings (SSSR count). The van der Waals surface area contributed by atoms with Crippen LogP contribution >= 0.6 is 0 Å². The number of carbonyl (C=O) groups excluding carboxylic acids is 1. The fourth-order valence-corrected chi connectivity index (χ4v) is 2.33. The van der Waals surface area contributed by atoms with E-state index in [4.69, 9.17) is 4.74 Å². The van der Waals surface area contributed by atoms with Gasteiger partial charge in [-0.05, 0) is 31.4 Å². The summed E-state index contributed by atoms with van der Waals surface area (Å²) in [6.45, 7) is 0.460. The van der Waals surface area contributed by atoms with Crippen molar-refractivity contribution in [3.05, 3.63) is 29.6 Å². The molecule has 5 heteroatoms. The van der Waals surface area contributed by atoms with Crippen LogP contribution in [-0.4, -0.2) is 32.2 Å². The summed E-state index contributed by atoms with van der Waals surface area (Å²) in [7, 11) is 3.25. The van der Waals surface area contributed by atoms with Crippen molar-refractivity contribution in [1.82, 2.24) is 5.32 Å². The van der Waals surface area contributed by atoms with Gasteiger partial charge in [0.25, 0.3) is 5.91 Å². The van der Waals surface area contributed by atoms with Crippen LogP contribution in [0.25, 0.3) is 0 Å². The van der Waals surface area contributed by atoms with E-state index in [1.807, 2.05) is 0 Å². The summed E-state index contributed by atoms with van der Waals surface area (Å²) < 4.78 is 19.0. The van der Waals surface area contributed by atoms with Gasteiger partial charge in [0, 0.05) is 20.7 Å². The zero-order chi connectivity index (χ0) is 13.9. The minimum atomic E-state index is -0.430. The fourth-order valence-electron chi connectivity index (χ4n) is 2.33. The van der Waals surface area contributed by atoms with Crippen LogP contribution in [0.3, 0.4) is 0 Å². The van der Waals surface area contributed by atoms with Crippen molar-refractivity contribution in [3.8, 4) is 0 Å². The number of carbonyl (C=O) groups is 1. The van der Waals surface area contributed by atoms with E-state index in [0.29, 0.717) is 12.1 Å². The number of benzene rings is 1. The number of nitrogens with one attached hydrogen (secondary N) is 2. The van der Waals surface area contributed by atoms with Gasteiger partial charge >= 0.3 is 0 Å². The number of anilines is 1. The Hall–Kier alpha value is -1.62. The topological polar surface area (TPSA) is 50.4 Å². The molecule has 0 aliphatic heterocycles. The number of ether oxygens (including phenoxy) is 1. The van der Waals surface area contributed by atoms with Crippen LogP contribution in [0.15, 0.2) is 18.2 Å². The molecule has 1 saturated carbocycles. The summed E-state index contributed by atoms with van der Waals surface area (Å²) in [5.74, 6) is -0.715. The Balaban J connectivity index is 2.06. The molecule has 0 bridgehead atoms. The number of hydrogen-bond acceptors (Lipinski definition) is 3. The van der Waals surface area contributed by atoms with Crippen molar-refractivity contribution in [2.75, 3.05) is 26.0 Å². The van der Waals surface area contributed by atoms with Crippen LogP contribution in [0.4, 0.5) is 10.1 Å². The van der Waals surface area contributed by atoms with Gasteiger partial charge in [0.1, 0.15) is 5.82 Å². The maximum atomic E-state index is 13.6. The average Bonchev–Trinajstić information content (AvgIpc) is 2.37. The Morgan fingerprint density at radius 1 is 1.47 bits per heavy atom. The van der Waals surface area contributed by atoms with Gasteiger partial charge in [-0.25, -0.2) is 4.39 Å². The molecule has 1 amide bonds. The molecule has 104 valence electrons. The van der Waals surface area contributed by atoms with E-state index in [1.54, 1.807) is 20.2 Å². The van der Waals surface area contributed by atoms with Gasteiger partial charge in [-0.15, -0.1) is 0 Å². The third-order valence-electron chi connectivity index (χ3n) is 3.78. The summed E-state index contributed by atoms with van der Waals surface area (Å²) in [6.07, 6.45) is 3.02. The lowest BCUT2D eigenvalue weighted by molar-refractivity contribution is -0.0679. The SMILES string of the molecule is CNc1c(F)cccc1C(=O)NCC1(OC)CCC1. The monoisotopic (exact) mass is 266 g/mol. The zero-order valence-corrected chi connectivity index (χ0v) is 11.3. The zero-order valence-electron chi connectivity index (χ0n) is 11.3. The highest BCUT2D eigenvalue weighted by Gasteiger charge is 2.37. The summed E-state index contributed by atoms with van der Waals surface area (Å²) in [4.78, 5) is 12.1. The predicted molar refractivity (Wildman–Crippen MR) is 71.9 cm³/mol. The third-order valence-corrected chi connectivity index (χ3v) is 3.78. The Bertz CT molecular complexity index is 467.